The quantitative estimate of drug-likeness (QED) is 0.620. The van der Waals surface area contributed by atoms with Gasteiger partial charge in [-0.05, 0) is 25.5 Å². The second-order valence-electron chi connectivity index (χ2n) is 4.45. The van der Waals surface area contributed by atoms with E-state index in [2.05, 4.69) is 17.5 Å². The first-order valence-electron chi connectivity index (χ1n) is 6.70. The highest BCUT2D eigenvalue weighted by molar-refractivity contribution is 5.96. The van der Waals surface area contributed by atoms with Crippen LogP contribution >= 0.6 is 0 Å². The predicted octanol–water partition coefficient (Wildman–Crippen LogP) is 2.62. The lowest BCUT2D eigenvalue weighted by Crippen LogP contribution is -2.19. The van der Waals surface area contributed by atoms with Gasteiger partial charge < -0.3 is 14.2 Å². The average molecular weight is 294 g/mol. The Morgan fingerprint density at radius 3 is 2.14 bits per heavy atom. The number of hydrazone groups is 1. The van der Waals surface area contributed by atoms with Gasteiger partial charge in [-0.15, -0.1) is 0 Å². The van der Waals surface area contributed by atoms with Gasteiger partial charge in [0.2, 0.25) is 5.75 Å². The van der Waals surface area contributed by atoms with Crippen molar-refractivity contribution in [2.45, 2.75) is 26.7 Å². The fraction of sp³-hybridized carbons (Fsp3) is 0.467. The second-order valence-corrected chi connectivity index (χ2v) is 4.45. The number of carbonyl (C=O) groups excluding carboxylic acids is 1. The van der Waals surface area contributed by atoms with Crippen molar-refractivity contribution in [2.24, 2.45) is 5.10 Å². The minimum Gasteiger partial charge on any atom is -0.493 e. The summed E-state index contributed by atoms with van der Waals surface area (Å²) in [5.41, 5.74) is 3.78. The van der Waals surface area contributed by atoms with Crippen LogP contribution in [0, 0.1) is 0 Å². The van der Waals surface area contributed by atoms with E-state index < -0.39 is 0 Å². The van der Waals surface area contributed by atoms with Crippen molar-refractivity contribution in [1.29, 1.82) is 0 Å². The molecule has 1 aromatic carbocycles. The van der Waals surface area contributed by atoms with Gasteiger partial charge in [-0.1, -0.05) is 13.3 Å². The lowest BCUT2D eigenvalue weighted by Gasteiger charge is -2.13. The average Bonchev–Trinajstić information content (AvgIpc) is 2.51. The molecule has 0 bridgehead atoms. The van der Waals surface area contributed by atoms with E-state index in [0.29, 0.717) is 22.8 Å². The molecular weight excluding hydrogens is 272 g/mol. The van der Waals surface area contributed by atoms with Crippen LogP contribution < -0.4 is 19.6 Å². The molecule has 1 amide bonds. The maximum absolute atomic E-state index is 12.1. The van der Waals surface area contributed by atoms with Crippen LogP contribution in [0.25, 0.3) is 0 Å². The molecule has 0 aliphatic heterocycles. The lowest BCUT2D eigenvalue weighted by atomic mass is 10.1. The summed E-state index contributed by atoms with van der Waals surface area (Å²) in [6, 6.07) is 3.17. The molecule has 0 aliphatic rings. The van der Waals surface area contributed by atoms with E-state index in [0.717, 1.165) is 18.6 Å². The molecule has 0 fully saturated rings. The Kier molecular flexibility index (Phi) is 6.52. The van der Waals surface area contributed by atoms with E-state index >= 15 is 0 Å². The van der Waals surface area contributed by atoms with E-state index in [-0.39, 0.29) is 5.91 Å². The Morgan fingerprint density at radius 1 is 1.14 bits per heavy atom. The highest BCUT2D eigenvalue weighted by Gasteiger charge is 2.16. The molecular formula is C15H22N2O4. The zero-order valence-corrected chi connectivity index (χ0v) is 13.1. The van der Waals surface area contributed by atoms with Gasteiger partial charge in [0.15, 0.2) is 11.5 Å². The first-order valence-corrected chi connectivity index (χ1v) is 6.70. The fourth-order valence-corrected chi connectivity index (χ4v) is 1.84. The molecule has 0 heterocycles. The molecule has 1 aromatic rings. The van der Waals surface area contributed by atoms with Crippen LogP contribution in [0.5, 0.6) is 17.2 Å². The largest absolute Gasteiger partial charge is 0.493 e. The zero-order chi connectivity index (χ0) is 15.8. The smallest absolute Gasteiger partial charge is 0.271 e. The highest BCUT2D eigenvalue weighted by atomic mass is 16.5. The summed E-state index contributed by atoms with van der Waals surface area (Å²) in [7, 11) is 4.52. The Hall–Kier alpha value is -2.24. The predicted molar refractivity (Wildman–Crippen MR) is 81.6 cm³/mol. The van der Waals surface area contributed by atoms with Crippen LogP contribution in [0.3, 0.4) is 0 Å². The normalized spacial score (nSPS) is 11.0. The molecule has 0 saturated heterocycles. The number of hydrogen-bond acceptors (Lipinski definition) is 5. The maximum Gasteiger partial charge on any atom is 0.271 e. The van der Waals surface area contributed by atoms with Crippen molar-refractivity contribution in [1.82, 2.24) is 5.43 Å². The van der Waals surface area contributed by atoms with Crippen molar-refractivity contribution in [3.63, 3.8) is 0 Å². The van der Waals surface area contributed by atoms with Crippen molar-refractivity contribution >= 4 is 11.6 Å². The molecule has 1 N–H and O–H groups in total. The van der Waals surface area contributed by atoms with Gasteiger partial charge in [0, 0.05) is 11.3 Å². The summed E-state index contributed by atoms with van der Waals surface area (Å²) in [6.07, 6.45) is 1.82. The number of rotatable bonds is 7. The van der Waals surface area contributed by atoms with E-state index in [4.69, 9.17) is 14.2 Å². The molecule has 6 nitrogen and oxygen atoms in total. The Bertz CT molecular complexity index is 501. The first kappa shape index (κ1) is 16.8. The number of nitrogens with zero attached hydrogens (tertiary/aromatic N) is 1. The van der Waals surface area contributed by atoms with Crippen LogP contribution in [-0.4, -0.2) is 32.9 Å². The third-order valence-corrected chi connectivity index (χ3v) is 2.89. The van der Waals surface area contributed by atoms with Crippen molar-refractivity contribution < 1.29 is 19.0 Å². The SMILES string of the molecule is CCC/C(C)=N\NC(=O)c1cc(OC)c(OC)c(OC)c1. The summed E-state index contributed by atoms with van der Waals surface area (Å²) in [4.78, 5) is 12.1. The number of nitrogens with one attached hydrogen (secondary N) is 1. The van der Waals surface area contributed by atoms with Gasteiger partial charge >= 0.3 is 0 Å². The van der Waals surface area contributed by atoms with E-state index in [9.17, 15) is 4.79 Å². The van der Waals surface area contributed by atoms with Crippen molar-refractivity contribution in [2.75, 3.05) is 21.3 Å². The third-order valence-electron chi connectivity index (χ3n) is 2.89. The lowest BCUT2D eigenvalue weighted by molar-refractivity contribution is 0.0954. The van der Waals surface area contributed by atoms with Crippen LogP contribution in [0.2, 0.25) is 0 Å². The monoisotopic (exact) mass is 294 g/mol. The number of hydrogen-bond donors (Lipinski definition) is 1. The Balaban J connectivity index is 3.02. The molecule has 0 unspecified atom stereocenters. The van der Waals surface area contributed by atoms with Gasteiger partial charge in [0.1, 0.15) is 0 Å². The minimum absolute atomic E-state index is 0.329. The molecule has 116 valence electrons. The van der Waals surface area contributed by atoms with Crippen LogP contribution in [-0.2, 0) is 0 Å². The number of carbonyl (C=O) groups is 1. The van der Waals surface area contributed by atoms with Gasteiger partial charge in [-0.3, -0.25) is 4.79 Å². The van der Waals surface area contributed by atoms with Crippen molar-refractivity contribution in [3.05, 3.63) is 17.7 Å². The van der Waals surface area contributed by atoms with Gasteiger partial charge in [-0.2, -0.15) is 5.10 Å². The van der Waals surface area contributed by atoms with E-state index in [1.807, 2.05) is 6.92 Å². The van der Waals surface area contributed by atoms with Crippen LogP contribution in [0.4, 0.5) is 0 Å². The summed E-state index contributed by atoms with van der Waals surface area (Å²) in [5.74, 6) is 0.972. The first-order chi connectivity index (χ1) is 10.1. The van der Waals surface area contributed by atoms with Gasteiger partial charge in [0.25, 0.3) is 5.91 Å². The van der Waals surface area contributed by atoms with Gasteiger partial charge in [0.05, 0.1) is 21.3 Å². The summed E-state index contributed by atoms with van der Waals surface area (Å²) >= 11 is 0. The zero-order valence-electron chi connectivity index (χ0n) is 13.1. The van der Waals surface area contributed by atoms with Gasteiger partial charge in [-0.25, -0.2) is 5.43 Å². The number of methoxy groups -OCH3 is 3. The highest BCUT2D eigenvalue weighted by Crippen LogP contribution is 2.38. The summed E-state index contributed by atoms with van der Waals surface area (Å²) in [5, 5.41) is 4.05. The van der Waals surface area contributed by atoms with E-state index in [1.54, 1.807) is 12.1 Å². The second kappa shape index (κ2) is 8.14. The molecule has 0 atom stereocenters. The molecule has 1 rings (SSSR count). The summed E-state index contributed by atoms with van der Waals surface area (Å²) < 4.78 is 15.6. The standard InChI is InChI=1S/C15H22N2O4/c1-6-7-10(2)16-17-15(18)11-8-12(19-3)14(21-5)13(9-11)20-4/h8-9H,6-7H2,1-5H3,(H,17,18)/b16-10-. The molecule has 0 saturated carbocycles. The maximum atomic E-state index is 12.1. The number of amides is 1. The Labute approximate surface area is 125 Å². The topological polar surface area (TPSA) is 69.2 Å². The molecule has 6 heteroatoms. The third kappa shape index (κ3) is 4.37. The Morgan fingerprint density at radius 2 is 1.71 bits per heavy atom. The minimum atomic E-state index is -0.329. The van der Waals surface area contributed by atoms with Crippen LogP contribution in [0.1, 0.15) is 37.0 Å². The molecule has 0 aromatic heterocycles. The molecule has 0 spiro atoms. The number of ether oxygens (including phenoxy) is 3. The molecule has 0 radical (unpaired) electrons. The molecule has 21 heavy (non-hydrogen) atoms. The fourth-order valence-electron chi connectivity index (χ4n) is 1.84. The van der Waals surface area contributed by atoms with Crippen molar-refractivity contribution in [3.8, 4) is 17.2 Å². The number of benzene rings is 1. The van der Waals surface area contributed by atoms with E-state index in [1.165, 1.54) is 21.3 Å². The molecule has 0 aliphatic carbocycles. The summed E-state index contributed by atoms with van der Waals surface area (Å²) in [6.45, 7) is 3.93. The van der Waals surface area contributed by atoms with Crippen LogP contribution in [0.15, 0.2) is 17.2 Å².